The number of aromatic nitrogens is 1. The highest BCUT2D eigenvalue weighted by Gasteiger charge is 2.04. The van der Waals surface area contributed by atoms with E-state index >= 15 is 0 Å². The van der Waals surface area contributed by atoms with Crippen molar-refractivity contribution in [2.75, 3.05) is 6.54 Å². The molecular formula is C16H19ClN2S. The van der Waals surface area contributed by atoms with Crippen LogP contribution in [0.25, 0.3) is 0 Å². The molecule has 1 aromatic heterocycles. The molecule has 0 spiro atoms. The van der Waals surface area contributed by atoms with Crippen molar-refractivity contribution in [3.8, 4) is 0 Å². The predicted octanol–water partition coefficient (Wildman–Crippen LogP) is 4.69. The average molecular weight is 307 g/mol. The van der Waals surface area contributed by atoms with Crippen molar-refractivity contribution < 1.29 is 0 Å². The van der Waals surface area contributed by atoms with Crippen LogP contribution < -0.4 is 5.32 Å². The van der Waals surface area contributed by atoms with Crippen molar-refractivity contribution in [1.29, 1.82) is 0 Å². The molecule has 2 aromatic rings. The van der Waals surface area contributed by atoms with Crippen LogP contribution in [0.3, 0.4) is 0 Å². The van der Waals surface area contributed by atoms with E-state index in [0.29, 0.717) is 5.02 Å². The van der Waals surface area contributed by atoms with Gasteiger partial charge in [-0.2, -0.15) is 0 Å². The zero-order chi connectivity index (χ0) is 14.4. The van der Waals surface area contributed by atoms with Crippen LogP contribution in [-0.4, -0.2) is 11.5 Å². The summed E-state index contributed by atoms with van der Waals surface area (Å²) in [5.41, 5.74) is 2.60. The minimum atomic E-state index is 0.670. The Balaban J connectivity index is 2.03. The third-order valence-electron chi connectivity index (χ3n) is 2.91. The summed E-state index contributed by atoms with van der Waals surface area (Å²) >= 11 is 7.52. The predicted molar refractivity (Wildman–Crippen MR) is 86.5 cm³/mol. The fraction of sp³-hybridized carbons (Fsp3) is 0.312. The standard InChI is InChI=1S/C16H19ClN2S/c1-3-8-18-10-13-4-6-15(12(2)9-13)20-16-7-5-14(17)11-19-16/h4-7,9,11,18H,3,8,10H2,1-2H3. The number of hydrogen-bond acceptors (Lipinski definition) is 3. The second kappa shape index (κ2) is 7.67. The van der Waals surface area contributed by atoms with Crippen molar-refractivity contribution in [2.45, 2.75) is 36.7 Å². The van der Waals surface area contributed by atoms with Crippen LogP contribution in [0.15, 0.2) is 46.5 Å². The lowest BCUT2D eigenvalue weighted by atomic mass is 10.1. The molecule has 0 radical (unpaired) electrons. The molecule has 0 saturated heterocycles. The molecule has 2 nitrogen and oxygen atoms in total. The SMILES string of the molecule is CCCNCc1ccc(Sc2ccc(Cl)cn2)c(C)c1. The Labute approximate surface area is 130 Å². The van der Waals surface area contributed by atoms with Gasteiger partial charge in [-0.3, -0.25) is 0 Å². The minimum absolute atomic E-state index is 0.670. The van der Waals surface area contributed by atoms with Gasteiger partial charge in [0, 0.05) is 17.6 Å². The van der Waals surface area contributed by atoms with Crippen LogP contribution in [0, 0.1) is 6.92 Å². The molecule has 0 bridgehead atoms. The quantitative estimate of drug-likeness (QED) is 0.783. The fourth-order valence-corrected chi connectivity index (χ4v) is 2.82. The topological polar surface area (TPSA) is 24.9 Å². The summed E-state index contributed by atoms with van der Waals surface area (Å²) < 4.78 is 0. The number of benzene rings is 1. The van der Waals surface area contributed by atoms with Gasteiger partial charge < -0.3 is 5.32 Å². The molecule has 0 saturated carbocycles. The molecule has 0 aliphatic carbocycles. The van der Waals surface area contributed by atoms with Gasteiger partial charge >= 0.3 is 0 Å². The molecule has 4 heteroatoms. The lowest BCUT2D eigenvalue weighted by molar-refractivity contribution is 0.675. The van der Waals surface area contributed by atoms with Crippen LogP contribution in [0.2, 0.25) is 5.02 Å². The van der Waals surface area contributed by atoms with Crippen LogP contribution in [0.5, 0.6) is 0 Å². The van der Waals surface area contributed by atoms with Gasteiger partial charge in [0.15, 0.2) is 0 Å². The number of nitrogens with one attached hydrogen (secondary N) is 1. The Morgan fingerprint density at radius 3 is 2.75 bits per heavy atom. The van der Waals surface area contributed by atoms with E-state index in [2.05, 4.69) is 42.3 Å². The highest BCUT2D eigenvalue weighted by atomic mass is 35.5. The number of rotatable bonds is 6. The Morgan fingerprint density at radius 2 is 2.10 bits per heavy atom. The van der Waals surface area contributed by atoms with Gasteiger partial charge in [0.2, 0.25) is 0 Å². The molecule has 0 unspecified atom stereocenters. The molecule has 1 aromatic carbocycles. The number of aryl methyl sites for hydroxylation is 1. The lowest BCUT2D eigenvalue weighted by Gasteiger charge is -2.09. The summed E-state index contributed by atoms with van der Waals surface area (Å²) in [4.78, 5) is 5.55. The summed E-state index contributed by atoms with van der Waals surface area (Å²) in [6.07, 6.45) is 2.84. The summed E-state index contributed by atoms with van der Waals surface area (Å²) in [5, 5.41) is 5.06. The average Bonchev–Trinajstić information content (AvgIpc) is 2.44. The maximum atomic E-state index is 5.85. The third kappa shape index (κ3) is 4.51. The van der Waals surface area contributed by atoms with Crippen LogP contribution in [0.4, 0.5) is 0 Å². The molecule has 0 aliphatic rings. The third-order valence-corrected chi connectivity index (χ3v) is 4.26. The van der Waals surface area contributed by atoms with Crippen LogP contribution in [0.1, 0.15) is 24.5 Å². The highest BCUT2D eigenvalue weighted by Crippen LogP contribution is 2.29. The molecule has 1 heterocycles. The lowest BCUT2D eigenvalue weighted by Crippen LogP contribution is -2.13. The van der Waals surface area contributed by atoms with E-state index in [0.717, 1.165) is 24.5 Å². The summed E-state index contributed by atoms with van der Waals surface area (Å²) in [6.45, 7) is 6.31. The Morgan fingerprint density at radius 1 is 1.25 bits per heavy atom. The van der Waals surface area contributed by atoms with Crippen molar-refractivity contribution in [3.63, 3.8) is 0 Å². The largest absolute Gasteiger partial charge is 0.313 e. The monoisotopic (exact) mass is 306 g/mol. The first-order valence-electron chi connectivity index (χ1n) is 6.78. The molecule has 1 N–H and O–H groups in total. The highest BCUT2D eigenvalue weighted by molar-refractivity contribution is 7.99. The van der Waals surface area contributed by atoms with E-state index in [-0.39, 0.29) is 0 Å². The van der Waals surface area contributed by atoms with E-state index in [4.69, 9.17) is 11.6 Å². The van der Waals surface area contributed by atoms with Gasteiger partial charge in [-0.05, 0) is 49.2 Å². The molecule has 106 valence electrons. The Bertz CT molecular complexity index is 555. The summed E-state index contributed by atoms with van der Waals surface area (Å²) in [6, 6.07) is 10.4. The normalized spacial score (nSPS) is 10.8. The molecule has 20 heavy (non-hydrogen) atoms. The first-order chi connectivity index (χ1) is 9.69. The van der Waals surface area contributed by atoms with Crippen LogP contribution in [-0.2, 0) is 6.54 Å². The molecular weight excluding hydrogens is 288 g/mol. The number of hydrogen-bond donors (Lipinski definition) is 1. The van der Waals surface area contributed by atoms with Gasteiger partial charge in [-0.15, -0.1) is 0 Å². The number of halogens is 1. The van der Waals surface area contributed by atoms with Crippen molar-refractivity contribution in [1.82, 2.24) is 10.3 Å². The zero-order valence-corrected chi connectivity index (χ0v) is 13.4. The van der Waals surface area contributed by atoms with Crippen LogP contribution >= 0.6 is 23.4 Å². The number of nitrogens with zero attached hydrogens (tertiary/aromatic N) is 1. The van der Waals surface area contributed by atoms with E-state index in [1.54, 1.807) is 18.0 Å². The second-order valence-electron chi connectivity index (χ2n) is 4.69. The van der Waals surface area contributed by atoms with Gasteiger partial charge in [-0.1, -0.05) is 42.4 Å². The molecule has 2 rings (SSSR count). The molecule has 0 atom stereocenters. The van der Waals surface area contributed by atoms with Crippen molar-refractivity contribution in [2.24, 2.45) is 0 Å². The zero-order valence-electron chi connectivity index (χ0n) is 11.8. The van der Waals surface area contributed by atoms with E-state index in [9.17, 15) is 0 Å². The Hall–Kier alpha value is -1.03. The van der Waals surface area contributed by atoms with Crippen molar-refractivity contribution >= 4 is 23.4 Å². The molecule has 0 fully saturated rings. The molecule has 0 aliphatic heterocycles. The first-order valence-corrected chi connectivity index (χ1v) is 7.98. The van der Waals surface area contributed by atoms with Gasteiger partial charge in [0.05, 0.1) is 5.02 Å². The molecule has 0 amide bonds. The van der Waals surface area contributed by atoms with E-state index in [1.165, 1.54) is 16.0 Å². The van der Waals surface area contributed by atoms with Gasteiger partial charge in [0.25, 0.3) is 0 Å². The summed E-state index contributed by atoms with van der Waals surface area (Å²) in [5.74, 6) is 0. The Kier molecular flexibility index (Phi) is 5.89. The van der Waals surface area contributed by atoms with E-state index in [1.807, 2.05) is 12.1 Å². The maximum absolute atomic E-state index is 5.85. The van der Waals surface area contributed by atoms with Gasteiger partial charge in [0.1, 0.15) is 5.03 Å². The van der Waals surface area contributed by atoms with Gasteiger partial charge in [-0.25, -0.2) is 4.98 Å². The number of pyridine rings is 1. The maximum Gasteiger partial charge on any atom is 0.101 e. The first kappa shape index (κ1) is 15.4. The van der Waals surface area contributed by atoms with E-state index < -0.39 is 0 Å². The second-order valence-corrected chi connectivity index (χ2v) is 6.19. The smallest absolute Gasteiger partial charge is 0.101 e. The summed E-state index contributed by atoms with van der Waals surface area (Å²) in [7, 11) is 0. The minimum Gasteiger partial charge on any atom is -0.313 e. The van der Waals surface area contributed by atoms with Crippen molar-refractivity contribution in [3.05, 3.63) is 52.7 Å². The fourth-order valence-electron chi connectivity index (χ4n) is 1.88.